The number of allylic oxidation sites excluding steroid dienone is 4. The quantitative estimate of drug-likeness (QED) is 0.415. The van der Waals surface area contributed by atoms with Gasteiger partial charge in [0.2, 0.25) is 0 Å². The summed E-state index contributed by atoms with van der Waals surface area (Å²) in [6.45, 7) is 9.02. The minimum Gasteiger partial charge on any atom is -0.507 e. The standard InChI is InChI=1S/C22H32O3/c1-17(2)9-7-10-18(3)11-8-12-19(4)15-16-25-22(24)20-13-5-6-14-21(20)23/h5-6,9,11,13-14,19,23H,7-8,10,12,15-16H2,1-4H3/b18-11+. The summed E-state index contributed by atoms with van der Waals surface area (Å²) in [6.07, 6.45) is 9.83. The average Bonchev–Trinajstić information content (AvgIpc) is 2.54. The van der Waals surface area contributed by atoms with E-state index in [-0.39, 0.29) is 11.3 Å². The van der Waals surface area contributed by atoms with E-state index in [9.17, 15) is 9.90 Å². The molecule has 1 aromatic carbocycles. The van der Waals surface area contributed by atoms with Crippen LogP contribution in [0, 0.1) is 5.92 Å². The van der Waals surface area contributed by atoms with Gasteiger partial charge in [0.05, 0.1) is 6.61 Å². The lowest BCUT2D eigenvalue weighted by Gasteiger charge is -2.11. The molecule has 0 bridgehead atoms. The fourth-order valence-corrected chi connectivity index (χ4v) is 2.53. The lowest BCUT2D eigenvalue weighted by atomic mass is 10.0. The van der Waals surface area contributed by atoms with Crippen molar-refractivity contribution in [1.29, 1.82) is 0 Å². The SMILES string of the molecule is CC(C)=CCC/C(C)=C/CCC(C)CCOC(=O)c1ccccc1O. The molecule has 0 aliphatic heterocycles. The van der Waals surface area contributed by atoms with E-state index in [1.165, 1.54) is 17.2 Å². The number of hydrogen-bond donors (Lipinski definition) is 1. The van der Waals surface area contributed by atoms with Gasteiger partial charge in [-0.1, -0.05) is 42.4 Å². The van der Waals surface area contributed by atoms with Gasteiger partial charge in [-0.15, -0.1) is 0 Å². The fourth-order valence-electron chi connectivity index (χ4n) is 2.53. The van der Waals surface area contributed by atoms with Crippen LogP contribution in [-0.2, 0) is 4.74 Å². The van der Waals surface area contributed by atoms with E-state index < -0.39 is 5.97 Å². The van der Waals surface area contributed by atoms with Gasteiger partial charge >= 0.3 is 5.97 Å². The van der Waals surface area contributed by atoms with Gasteiger partial charge in [-0.05, 0) is 70.9 Å². The Morgan fingerprint density at radius 2 is 1.84 bits per heavy atom. The Hall–Kier alpha value is -2.03. The third-order valence-corrected chi connectivity index (χ3v) is 4.21. The summed E-state index contributed by atoms with van der Waals surface area (Å²) in [7, 11) is 0. The number of hydrogen-bond acceptors (Lipinski definition) is 3. The van der Waals surface area contributed by atoms with Crippen molar-refractivity contribution in [2.75, 3.05) is 6.61 Å². The fraction of sp³-hybridized carbons (Fsp3) is 0.500. The van der Waals surface area contributed by atoms with Crippen LogP contribution in [0.2, 0.25) is 0 Å². The predicted molar refractivity (Wildman–Crippen MR) is 104 cm³/mol. The molecule has 0 amide bonds. The molecule has 0 saturated carbocycles. The van der Waals surface area contributed by atoms with Crippen molar-refractivity contribution in [1.82, 2.24) is 0 Å². The molecule has 0 spiro atoms. The first kappa shape index (κ1) is 21.0. The summed E-state index contributed by atoms with van der Waals surface area (Å²) in [5.41, 5.74) is 3.04. The molecule has 0 aliphatic carbocycles. The zero-order valence-corrected chi connectivity index (χ0v) is 16.0. The number of aromatic hydroxyl groups is 1. The lowest BCUT2D eigenvalue weighted by Crippen LogP contribution is -2.09. The molecule has 0 radical (unpaired) electrons. The van der Waals surface area contributed by atoms with E-state index in [4.69, 9.17) is 4.74 Å². The summed E-state index contributed by atoms with van der Waals surface area (Å²) in [5.74, 6) is 0.00795. The maximum absolute atomic E-state index is 11.9. The maximum Gasteiger partial charge on any atom is 0.341 e. The van der Waals surface area contributed by atoms with Gasteiger partial charge in [-0.25, -0.2) is 4.79 Å². The molecule has 1 atom stereocenters. The summed E-state index contributed by atoms with van der Waals surface area (Å²) in [6, 6.07) is 6.46. The molecule has 3 heteroatoms. The second-order valence-electron chi connectivity index (χ2n) is 6.99. The van der Waals surface area contributed by atoms with Gasteiger partial charge in [0.25, 0.3) is 0 Å². The van der Waals surface area contributed by atoms with Crippen LogP contribution >= 0.6 is 0 Å². The van der Waals surface area contributed by atoms with Crippen molar-refractivity contribution in [3.8, 4) is 5.75 Å². The Balaban J connectivity index is 2.22. The van der Waals surface area contributed by atoms with Crippen molar-refractivity contribution in [2.45, 2.75) is 59.8 Å². The molecule has 0 heterocycles. The first-order valence-corrected chi connectivity index (χ1v) is 9.14. The summed E-state index contributed by atoms with van der Waals surface area (Å²) in [4.78, 5) is 11.9. The first-order valence-electron chi connectivity index (χ1n) is 9.14. The molecule has 0 fully saturated rings. The zero-order chi connectivity index (χ0) is 18.7. The number of carbonyl (C=O) groups excluding carboxylic acids is 1. The highest BCUT2D eigenvalue weighted by molar-refractivity contribution is 5.92. The minimum absolute atomic E-state index is 0.0331. The van der Waals surface area contributed by atoms with Crippen LogP contribution < -0.4 is 0 Å². The van der Waals surface area contributed by atoms with E-state index in [0.29, 0.717) is 12.5 Å². The van der Waals surface area contributed by atoms with Crippen molar-refractivity contribution < 1.29 is 14.6 Å². The summed E-state index contributed by atoms with van der Waals surface area (Å²) < 4.78 is 5.26. The van der Waals surface area contributed by atoms with Gasteiger partial charge < -0.3 is 9.84 Å². The van der Waals surface area contributed by atoms with E-state index in [0.717, 1.165) is 32.1 Å². The largest absolute Gasteiger partial charge is 0.507 e. The van der Waals surface area contributed by atoms with Crippen LogP contribution in [-0.4, -0.2) is 17.7 Å². The van der Waals surface area contributed by atoms with Crippen molar-refractivity contribution >= 4 is 5.97 Å². The van der Waals surface area contributed by atoms with Gasteiger partial charge in [0.1, 0.15) is 11.3 Å². The van der Waals surface area contributed by atoms with E-state index in [1.54, 1.807) is 18.2 Å². The molecular weight excluding hydrogens is 312 g/mol. The van der Waals surface area contributed by atoms with Gasteiger partial charge in [0.15, 0.2) is 0 Å². The minimum atomic E-state index is -0.458. The Morgan fingerprint density at radius 1 is 1.12 bits per heavy atom. The van der Waals surface area contributed by atoms with Crippen LogP contribution in [0.25, 0.3) is 0 Å². The number of phenolic OH excluding ortho intramolecular Hbond substituents is 1. The number of benzene rings is 1. The molecular formula is C22H32O3. The highest BCUT2D eigenvalue weighted by Crippen LogP contribution is 2.18. The number of rotatable bonds is 10. The smallest absolute Gasteiger partial charge is 0.341 e. The van der Waals surface area contributed by atoms with Crippen LogP contribution in [0.3, 0.4) is 0 Å². The van der Waals surface area contributed by atoms with Crippen LogP contribution in [0.15, 0.2) is 47.6 Å². The molecule has 0 aromatic heterocycles. The Labute approximate surface area is 152 Å². The molecule has 3 nitrogen and oxygen atoms in total. The monoisotopic (exact) mass is 344 g/mol. The molecule has 0 aliphatic rings. The number of phenols is 1. The van der Waals surface area contributed by atoms with Gasteiger partial charge in [-0.3, -0.25) is 0 Å². The van der Waals surface area contributed by atoms with E-state index >= 15 is 0 Å². The van der Waals surface area contributed by atoms with Crippen LogP contribution in [0.5, 0.6) is 5.75 Å². The Bertz CT molecular complexity index is 595. The molecule has 1 rings (SSSR count). The Kier molecular flexibility index (Phi) is 9.68. The number of ether oxygens (including phenoxy) is 1. The highest BCUT2D eigenvalue weighted by atomic mass is 16.5. The van der Waals surface area contributed by atoms with E-state index in [2.05, 4.69) is 39.8 Å². The second kappa shape index (κ2) is 11.5. The summed E-state index contributed by atoms with van der Waals surface area (Å²) in [5, 5.41) is 9.64. The number of para-hydroxylation sites is 1. The predicted octanol–water partition coefficient (Wildman–Crippen LogP) is 6.05. The summed E-state index contributed by atoms with van der Waals surface area (Å²) >= 11 is 0. The van der Waals surface area contributed by atoms with Crippen molar-refractivity contribution in [3.63, 3.8) is 0 Å². The number of esters is 1. The molecule has 1 N–H and O–H groups in total. The van der Waals surface area contributed by atoms with Gasteiger partial charge in [-0.2, -0.15) is 0 Å². The number of carbonyl (C=O) groups is 1. The lowest BCUT2D eigenvalue weighted by molar-refractivity contribution is 0.0481. The molecule has 138 valence electrons. The maximum atomic E-state index is 11.9. The van der Waals surface area contributed by atoms with Crippen LogP contribution in [0.4, 0.5) is 0 Å². The third-order valence-electron chi connectivity index (χ3n) is 4.21. The third kappa shape index (κ3) is 9.13. The molecule has 0 saturated heterocycles. The Morgan fingerprint density at radius 3 is 2.52 bits per heavy atom. The van der Waals surface area contributed by atoms with Crippen molar-refractivity contribution in [3.05, 3.63) is 53.1 Å². The normalized spacial score (nSPS) is 12.6. The van der Waals surface area contributed by atoms with Crippen LogP contribution in [0.1, 0.15) is 70.2 Å². The topological polar surface area (TPSA) is 46.5 Å². The van der Waals surface area contributed by atoms with E-state index in [1.807, 2.05) is 0 Å². The van der Waals surface area contributed by atoms with Gasteiger partial charge in [0, 0.05) is 0 Å². The first-order chi connectivity index (χ1) is 11.9. The zero-order valence-electron chi connectivity index (χ0n) is 16.0. The average molecular weight is 344 g/mol. The van der Waals surface area contributed by atoms with Crippen molar-refractivity contribution in [2.24, 2.45) is 5.92 Å². The highest BCUT2D eigenvalue weighted by Gasteiger charge is 2.12. The molecule has 25 heavy (non-hydrogen) atoms. The molecule has 1 unspecified atom stereocenters. The molecule has 1 aromatic rings. The second-order valence-corrected chi connectivity index (χ2v) is 6.99.